The van der Waals surface area contributed by atoms with Crippen LogP contribution in [-0.2, 0) is 19.3 Å². The predicted molar refractivity (Wildman–Crippen MR) is 126 cm³/mol. The third kappa shape index (κ3) is 7.65. The van der Waals surface area contributed by atoms with Gasteiger partial charge in [0.05, 0.1) is 6.04 Å². The number of carbonyl (C=O) groups excluding carboxylic acids is 3. The topological polar surface area (TPSA) is 87.1 Å². The van der Waals surface area contributed by atoms with E-state index in [4.69, 9.17) is 5.26 Å². The SMILES string of the molecule is CC(CSCC(C)C(=O)N1CCCC1COO)C(=O)SCC(C)C(=O)N1CCC[C@H]1C. The van der Waals surface area contributed by atoms with Gasteiger partial charge in [-0.2, -0.15) is 11.8 Å². The third-order valence-corrected chi connectivity index (χ3v) is 9.04. The van der Waals surface area contributed by atoms with Crippen molar-refractivity contribution in [2.24, 2.45) is 17.8 Å². The zero-order valence-corrected chi connectivity index (χ0v) is 20.9. The van der Waals surface area contributed by atoms with Crippen molar-refractivity contribution in [3.05, 3.63) is 0 Å². The van der Waals surface area contributed by atoms with Crippen LogP contribution in [0, 0.1) is 17.8 Å². The third-order valence-electron chi connectivity index (χ3n) is 6.22. The van der Waals surface area contributed by atoms with Gasteiger partial charge in [0, 0.05) is 54.1 Å². The Kier molecular flexibility index (Phi) is 11.2. The summed E-state index contributed by atoms with van der Waals surface area (Å²) in [6, 6.07) is 0.262. The van der Waals surface area contributed by atoms with E-state index in [2.05, 4.69) is 11.8 Å². The maximum atomic E-state index is 12.7. The molecule has 2 heterocycles. The molecule has 0 aromatic rings. The molecule has 2 aliphatic rings. The Morgan fingerprint density at radius 3 is 2.16 bits per heavy atom. The summed E-state index contributed by atoms with van der Waals surface area (Å²) in [5.74, 6) is 1.68. The van der Waals surface area contributed by atoms with Crippen LogP contribution in [0.1, 0.15) is 53.4 Å². The van der Waals surface area contributed by atoms with Crippen molar-refractivity contribution in [1.29, 1.82) is 0 Å². The van der Waals surface area contributed by atoms with Crippen molar-refractivity contribution in [2.45, 2.75) is 65.5 Å². The lowest BCUT2D eigenvalue weighted by molar-refractivity contribution is -0.250. The Hall–Kier alpha value is -0.770. The Morgan fingerprint density at radius 2 is 1.52 bits per heavy atom. The summed E-state index contributed by atoms with van der Waals surface area (Å²) in [6.45, 7) is 9.53. The molecule has 2 saturated heterocycles. The van der Waals surface area contributed by atoms with Gasteiger partial charge in [0.15, 0.2) is 5.12 Å². The average Bonchev–Trinajstić information content (AvgIpc) is 3.39. The van der Waals surface area contributed by atoms with Gasteiger partial charge in [-0.25, -0.2) is 4.89 Å². The molecule has 1 N–H and O–H groups in total. The minimum atomic E-state index is -0.150. The van der Waals surface area contributed by atoms with Gasteiger partial charge in [-0.1, -0.05) is 32.5 Å². The lowest BCUT2D eigenvalue weighted by Crippen LogP contribution is -2.41. The number of rotatable bonds is 11. The molecular weight excluding hydrogens is 436 g/mol. The maximum Gasteiger partial charge on any atom is 0.226 e. The van der Waals surface area contributed by atoms with Crippen molar-refractivity contribution in [3.8, 4) is 0 Å². The predicted octanol–water partition coefficient (Wildman–Crippen LogP) is 3.38. The van der Waals surface area contributed by atoms with Crippen LogP contribution in [0.2, 0.25) is 0 Å². The summed E-state index contributed by atoms with van der Waals surface area (Å²) < 4.78 is 0. The van der Waals surface area contributed by atoms with E-state index in [9.17, 15) is 14.4 Å². The van der Waals surface area contributed by atoms with Crippen molar-refractivity contribution >= 4 is 40.5 Å². The van der Waals surface area contributed by atoms with Crippen LogP contribution in [0.4, 0.5) is 0 Å². The van der Waals surface area contributed by atoms with Crippen LogP contribution < -0.4 is 0 Å². The van der Waals surface area contributed by atoms with E-state index in [1.807, 2.05) is 30.6 Å². The Labute approximate surface area is 194 Å². The molecular formula is C22H38N2O5S2. The summed E-state index contributed by atoms with van der Waals surface area (Å²) in [4.78, 5) is 45.8. The van der Waals surface area contributed by atoms with Crippen molar-refractivity contribution in [2.75, 3.05) is 37.0 Å². The van der Waals surface area contributed by atoms with Crippen LogP contribution in [0.15, 0.2) is 0 Å². The van der Waals surface area contributed by atoms with Gasteiger partial charge in [0.1, 0.15) is 6.61 Å². The van der Waals surface area contributed by atoms with E-state index in [1.165, 1.54) is 11.8 Å². The van der Waals surface area contributed by atoms with E-state index in [0.29, 0.717) is 29.8 Å². The highest BCUT2D eigenvalue weighted by atomic mass is 32.2. The molecule has 2 amide bonds. The second-order valence-electron chi connectivity index (χ2n) is 9.02. The van der Waals surface area contributed by atoms with Crippen LogP contribution in [0.3, 0.4) is 0 Å². The normalized spacial score (nSPS) is 24.3. The Balaban J connectivity index is 1.67. The molecule has 0 bridgehead atoms. The molecule has 31 heavy (non-hydrogen) atoms. The molecule has 9 heteroatoms. The molecule has 0 aromatic heterocycles. The first-order valence-corrected chi connectivity index (χ1v) is 13.5. The molecule has 2 rings (SSSR count). The van der Waals surface area contributed by atoms with Crippen LogP contribution >= 0.6 is 23.5 Å². The van der Waals surface area contributed by atoms with E-state index in [-0.39, 0.29) is 47.3 Å². The van der Waals surface area contributed by atoms with E-state index >= 15 is 0 Å². The molecule has 0 radical (unpaired) electrons. The fraction of sp³-hybridized carbons (Fsp3) is 0.864. The van der Waals surface area contributed by atoms with Gasteiger partial charge in [-0.15, -0.1) is 0 Å². The minimum absolute atomic E-state index is 0.0462. The van der Waals surface area contributed by atoms with Crippen molar-refractivity contribution in [1.82, 2.24) is 9.80 Å². The molecule has 2 fully saturated rings. The summed E-state index contributed by atoms with van der Waals surface area (Å²) >= 11 is 2.88. The molecule has 5 atom stereocenters. The highest BCUT2D eigenvalue weighted by Crippen LogP contribution is 2.25. The second-order valence-corrected chi connectivity index (χ2v) is 11.1. The number of hydrogen-bond acceptors (Lipinski definition) is 7. The van der Waals surface area contributed by atoms with Crippen LogP contribution in [-0.4, -0.2) is 81.0 Å². The summed E-state index contributed by atoms with van der Waals surface area (Å²) in [6.07, 6.45) is 3.91. The first kappa shape index (κ1) is 26.5. The Morgan fingerprint density at radius 1 is 0.935 bits per heavy atom. The molecule has 0 saturated carbocycles. The van der Waals surface area contributed by atoms with Gasteiger partial charge in [0.25, 0.3) is 0 Å². The zero-order chi connectivity index (χ0) is 23.0. The number of likely N-dealkylation sites (tertiary alicyclic amines) is 2. The summed E-state index contributed by atoms with van der Waals surface area (Å²) in [5.41, 5.74) is 0. The largest absolute Gasteiger partial charge is 0.340 e. The zero-order valence-electron chi connectivity index (χ0n) is 19.2. The van der Waals surface area contributed by atoms with Crippen molar-refractivity contribution in [3.63, 3.8) is 0 Å². The fourth-order valence-electron chi connectivity index (χ4n) is 4.19. The molecule has 2 aliphatic heterocycles. The minimum Gasteiger partial charge on any atom is -0.340 e. The van der Waals surface area contributed by atoms with Gasteiger partial charge < -0.3 is 9.80 Å². The maximum absolute atomic E-state index is 12.7. The smallest absolute Gasteiger partial charge is 0.226 e. The van der Waals surface area contributed by atoms with Crippen LogP contribution in [0.25, 0.3) is 0 Å². The molecule has 4 unspecified atom stereocenters. The van der Waals surface area contributed by atoms with E-state index < -0.39 is 0 Å². The van der Waals surface area contributed by atoms with Gasteiger partial charge in [-0.05, 0) is 32.6 Å². The van der Waals surface area contributed by atoms with Crippen molar-refractivity contribution < 1.29 is 24.5 Å². The summed E-state index contributed by atoms with van der Waals surface area (Å²) in [5, 5.41) is 8.81. The van der Waals surface area contributed by atoms with Gasteiger partial charge in [-0.3, -0.25) is 19.6 Å². The molecule has 7 nitrogen and oxygen atoms in total. The number of hydrogen-bond donors (Lipinski definition) is 1. The lowest BCUT2D eigenvalue weighted by Gasteiger charge is -2.26. The number of amides is 2. The van der Waals surface area contributed by atoms with Crippen LogP contribution in [0.5, 0.6) is 0 Å². The van der Waals surface area contributed by atoms with Gasteiger partial charge in [0.2, 0.25) is 11.8 Å². The fourth-order valence-corrected chi connectivity index (χ4v) is 6.36. The number of thioether (sulfide) groups is 2. The average molecular weight is 475 g/mol. The molecule has 0 aliphatic carbocycles. The summed E-state index contributed by atoms with van der Waals surface area (Å²) in [7, 11) is 0. The highest BCUT2D eigenvalue weighted by molar-refractivity contribution is 8.13. The quantitative estimate of drug-likeness (QED) is 0.363. The van der Waals surface area contributed by atoms with E-state index in [0.717, 1.165) is 32.2 Å². The number of nitrogens with zero attached hydrogens (tertiary/aromatic N) is 2. The molecule has 0 aromatic carbocycles. The molecule has 178 valence electrons. The number of carbonyl (C=O) groups is 3. The monoisotopic (exact) mass is 474 g/mol. The molecule has 0 spiro atoms. The van der Waals surface area contributed by atoms with Gasteiger partial charge >= 0.3 is 0 Å². The second kappa shape index (κ2) is 13.1. The Bertz CT molecular complexity index is 621. The first-order valence-electron chi connectivity index (χ1n) is 11.4. The highest BCUT2D eigenvalue weighted by Gasteiger charge is 2.32. The lowest BCUT2D eigenvalue weighted by atomic mass is 10.1. The van der Waals surface area contributed by atoms with E-state index in [1.54, 1.807) is 11.8 Å². The standard InChI is InChI=1S/C22H38N2O5S2/c1-15(21(26)24-10-6-8-19(24)11-29-28)12-30-13-17(3)22(27)31-14-16(2)20(25)23-9-5-7-18(23)4/h15-19,28H,5-14H2,1-4H3/t15?,16?,17?,18-,19?/m1/s1. The first-order chi connectivity index (χ1) is 14.8.